The highest BCUT2D eigenvalue weighted by Crippen LogP contribution is 2.45. The molecule has 1 saturated heterocycles. The fourth-order valence-corrected chi connectivity index (χ4v) is 7.95. The summed E-state index contributed by atoms with van der Waals surface area (Å²) in [5, 5.41) is 0. The van der Waals surface area contributed by atoms with Crippen molar-refractivity contribution in [2.24, 2.45) is 17.6 Å². The van der Waals surface area contributed by atoms with E-state index in [2.05, 4.69) is 0 Å². The molecule has 5 nitrogen and oxygen atoms in total. The third kappa shape index (κ3) is 3.17. The number of hydrogen-bond acceptors (Lipinski definition) is 4. The first-order chi connectivity index (χ1) is 12.8. The number of amides is 1. The lowest BCUT2D eigenvalue weighted by Crippen LogP contribution is -2.52. The number of carbonyl (C=O) groups is 1. The Morgan fingerprint density at radius 1 is 1.14 bits per heavy atom. The molecule has 28 heavy (non-hydrogen) atoms. The van der Waals surface area contributed by atoms with Gasteiger partial charge in [-0.2, -0.15) is 0 Å². The lowest BCUT2D eigenvalue weighted by molar-refractivity contribution is -0.133. The summed E-state index contributed by atoms with van der Waals surface area (Å²) in [7, 11) is -3.75. The number of nitrogens with zero attached hydrogens (tertiary/aromatic N) is 1. The van der Waals surface area contributed by atoms with Gasteiger partial charge in [0, 0.05) is 19.1 Å². The Hall–Kier alpha value is -1.11. The van der Waals surface area contributed by atoms with Crippen molar-refractivity contribution >= 4 is 28.2 Å². The van der Waals surface area contributed by atoms with Gasteiger partial charge in [-0.05, 0) is 68.6 Å². The molecule has 4 rings (SSSR count). The van der Waals surface area contributed by atoms with Gasteiger partial charge in [0.25, 0.3) is 0 Å². The predicted molar refractivity (Wildman–Crippen MR) is 112 cm³/mol. The normalized spacial score (nSPS) is 28.8. The third-order valence-corrected chi connectivity index (χ3v) is 9.78. The minimum atomic E-state index is -3.75. The van der Waals surface area contributed by atoms with Crippen LogP contribution in [0.5, 0.6) is 0 Å². The van der Waals surface area contributed by atoms with E-state index in [-0.39, 0.29) is 24.4 Å². The van der Waals surface area contributed by atoms with E-state index in [9.17, 15) is 13.2 Å². The van der Waals surface area contributed by atoms with Crippen molar-refractivity contribution in [3.05, 3.63) is 29.3 Å². The minimum absolute atomic E-state index is 0. The molecule has 1 heterocycles. The summed E-state index contributed by atoms with van der Waals surface area (Å²) in [5.41, 5.74) is 7.85. The largest absolute Gasteiger partial charge is 0.341 e. The molecule has 1 aliphatic heterocycles. The van der Waals surface area contributed by atoms with Crippen molar-refractivity contribution in [3.63, 3.8) is 0 Å². The van der Waals surface area contributed by atoms with Crippen LogP contribution >= 0.6 is 12.4 Å². The molecule has 1 amide bonds. The van der Waals surface area contributed by atoms with Gasteiger partial charge in [-0.1, -0.05) is 25.0 Å². The molecule has 2 saturated carbocycles. The van der Waals surface area contributed by atoms with Crippen LogP contribution < -0.4 is 5.73 Å². The molecule has 3 atom stereocenters. The van der Waals surface area contributed by atoms with E-state index in [0.29, 0.717) is 42.7 Å². The lowest BCUT2D eigenvalue weighted by Gasteiger charge is -2.33. The van der Waals surface area contributed by atoms with Gasteiger partial charge in [0.2, 0.25) is 5.91 Å². The zero-order valence-electron chi connectivity index (χ0n) is 16.7. The van der Waals surface area contributed by atoms with Crippen LogP contribution in [0.1, 0.15) is 49.7 Å². The van der Waals surface area contributed by atoms with Crippen LogP contribution in [0, 0.1) is 25.7 Å². The van der Waals surface area contributed by atoms with E-state index in [1.165, 1.54) is 0 Å². The molecular weight excluding hydrogens is 396 g/mol. The van der Waals surface area contributed by atoms with E-state index in [4.69, 9.17) is 5.73 Å². The van der Waals surface area contributed by atoms with Gasteiger partial charge in [0.15, 0.2) is 14.6 Å². The lowest BCUT2D eigenvalue weighted by atomic mass is 9.98. The summed E-state index contributed by atoms with van der Waals surface area (Å²) in [6.07, 6.45) is 4.50. The average Bonchev–Trinajstić information content (AvgIpc) is 3.34. The molecule has 1 aromatic rings. The van der Waals surface area contributed by atoms with Crippen molar-refractivity contribution in [2.45, 2.75) is 68.1 Å². The molecule has 0 spiro atoms. The molecule has 3 aliphatic rings. The second-order valence-corrected chi connectivity index (χ2v) is 11.1. The second kappa shape index (κ2) is 7.62. The SMILES string of the molecule is Cc1ccc(C)c(S(=O)(=O)C2(C(=O)N3CC4CCC(N)C4C3)CCCC2)c1.Cl. The molecule has 3 unspecified atom stereocenters. The van der Waals surface area contributed by atoms with Crippen molar-refractivity contribution in [1.29, 1.82) is 0 Å². The van der Waals surface area contributed by atoms with Crippen molar-refractivity contribution < 1.29 is 13.2 Å². The van der Waals surface area contributed by atoms with Crippen molar-refractivity contribution in [3.8, 4) is 0 Å². The standard InChI is InChI=1S/C21H30N2O3S.ClH/c1-14-5-6-15(2)19(11-14)27(25,26)21(9-3-4-10-21)20(24)23-12-16-7-8-18(22)17(16)13-23;/h5-6,11,16-18H,3-4,7-10,12-13,22H2,1-2H3;1H. The number of halogens is 1. The van der Waals surface area contributed by atoms with Crippen LogP contribution in [0.2, 0.25) is 0 Å². The number of hydrogen-bond donors (Lipinski definition) is 1. The minimum Gasteiger partial charge on any atom is -0.341 e. The summed E-state index contributed by atoms with van der Waals surface area (Å²) in [6.45, 7) is 5.00. The second-order valence-electron chi connectivity index (χ2n) is 8.85. The van der Waals surface area contributed by atoms with Crippen LogP contribution in [0.25, 0.3) is 0 Å². The van der Waals surface area contributed by atoms with Crippen LogP contribution in [-0.4, -0.2) is 43.1 Å². The van der Waals surface area contributed by atoms with Gasteiger partial charge in [-0.3, -0.25) is 4.79 Å². The maximum absolute atomic E-state index is 13.8. The summed E-state index contributed by atoms with van der Waals surface area (Å²) < 4.78 is 26.2. The molecule has 7 heteroatoms. The zero-order chi connectivity index (χ0) is 19.4. The van der Waals surface area contributed by atoms with E-state index in [0.717, 1.165) is 36.8 Å². The molecule has 0 aromatic heterocycles. The summed E-state index contributed by atoms with van der Waals surface area (Å²) in [6, 6.07) is 5.63. The maximum atomic E-state index is 13.8. The maximum Gasteiger partial charge on any atom is 0.244 e. The Morgan fingerprint density at radius 3 is 2.46 bits per heavy atom. The third-order valence-electron chi connectivity index (χ3n) is 7.15. The fourth-order valence-electron chi connectivity index (χ4n) is 5.51. The number of rotatable bonds is 3. The average molecular weight is 427 g/mol. The van der Waals surface area contributed by atoms with Gasteiger partial charge in [-0.15, -0.1) is 12.4 Å². The number of aryl methyl sites for hydroxylation is 2. The summed E-state index contributed by atoms with van der Waals surface area (Å²) in [5.74, 6) is 0.587. The Bertz CT molecular complexity index is 864. The number of benzene rings is 1. The number of fused-ring (bicyclic) bond motifs is 1. The number of carbonyl (C=O) groups excluding carboxylic acids is 1. The van der Waals surface area contributed by atoms with E-state index < -0.39 is 14.6 Å². The van der Waals surface area contributed by atoms with Crippen LogP contribution in [0.4, 0.5) is 0 Å². The highest BCUT2D eigenvalue weighted by atomic mass is 35.5. The summed E-state index contributed by atoms with van der Waals surface area (Å²) >= 11 is 0. The monoisotopic (exact) mass is 426 g/mol. The first kappa shape index (κ1) is 21.6. The molecule has 2 N–H and O–H groups in total. The Morgan fingerprint density at radius 2 is 1.82 bits per heavy atom. The Labute approximate surface area is 174 Å². The predicted octanol–water partition coefficient (Wildman–Crippen LogP) is 3.01. The van der Waals surface area contributed by atoms with Crippen LogP contribution in [0.15, 0.2) is 23.1 Å². The molecule has 2 aliphatic carbocycles. The molecule has 1 aromatic carbocycles. The van der Waals surface area contributed by atoms with Gasteiger partial charge in [-0.25, -0.2) is 8.42 Å². The molecule has 0 radical (unpaired) electrons. The first-order valence-corrected chi connectivity index (χ1v) is 11.6. The molecular formula is C21H31ClN2O3S. The van der Waals surface area contributed by atoms with Gasteiger partial charge < -0.3 is 10.6 Å². The quantitative estimate of drug-likeness (QED) is 0.805. The van der Waals surface area contributed by atoms with Crippen LogP contribution in [-0.2, 0) is 14.6 Å². The summed E-state index contributed by atoms with van der Waals surface area (Å²) in [4.78, 5) is 15.8. The Balaban J connectivity index is 0.00000225. The van der Waals surface area contributed by atoms with E-state index >= 15 is 0 Å². The smallest absolute Gasteiger partial charge is 0.244 e. The Kier molecular flexibility index (Phi) is 5.87. The topological polar surface area (TPSA) is 80.5 Å². The highest BCUT2D eigenvalue weighted by Gasteiger charge is 2.56. The molecule has 3 fully saturated rings. The highest BCUT2D eigenvalue weighted by molar-refractivity contribution is 7.93. The number of nitrogens with two attached hydrogens (primary N) is 1. The van der Waals surface area contributed by atoms with E-state index in [1.807, 2.05) is 30.9 Å². The molecule has 156 valence electrons. The fraction of sp³-hybridized carbons (Fsp3) is 0.667. The van der Waals surface area contributed by atoms with Crippen molar-refractivity contribution in [2.75, 3.05) is 13.1 Å². The van der Waals surface area contributed by atoms with Crippen LogP contribution in [0.3, 0.4) is 0 Å². The van der Waals surface area contributed by atoms with Gasteiger partial charge in [0.05, 0.1) is 4.90 Å². The number of likely N-dealkylation sites (tertiary alicyclic amines) is 1. The molecule has 0 bridgehead atoms. The van der Waals surface area contributed by atoms with Gasteiger partial charge >= 0.3 is 0 Å². The zero-order valence-corrected chi connectivity index (χ0v) is 18.3. The number of sulfone groups is 1. The van der Waals surface area contributed by atoms with Crippen molar-refractivity contribution in [1.82, 2.24) is 4.90 Å². The van der Waals surface area contributed by atoms with Gasteiger partial charge in [0.1, 0.15) is 0 Å². The first-order valence-electron chi connectivity index (χ1n) is 10.1. The van der Waals surface area contributed by atoms with E-state index in [1.54, 1.807) is 6.07 Å².